The monoisotopic (exact) mass is 515 g/mol. The van der Waals surface area contributed by atoms with E-state index in [1.807, 2.05) is 27.7 Å². The second-order valence-electron chi connectivity index (χ2n) is 10.2. The van der Waals surface area contributed by atoms with Crippen LogP contribution < -0.4 is 4.90 Å². The van der Waals surface area contributed by atoms with Crippen LogP contribution in [-0.4, -0.2) is 7.05 Å². The predicted molar refractivity (Wildman–Crippen MR) is 176 cm³/mol. The lowest BCUT2D eigenvalue weighted by atomic mass is 9.96. The Kier molecular flexibility index (Phi) is 15.8. The third-order valence-corrected chi connectivity index (χ3v) is 7.52. The van der Waals surface area contributed by atoms with E-state index in [1.165, 1.54) is 107 Å². The number of benzene rings is 2. The summed E-state index contributed by atoms with van der Waals surface area (Å²) in [4.78, 5) is 2.38. The summed E-state index contributed by atoms with van der Waals surface area (Å²) in [6.07, 6.45) is 24.6. The Morgan fingerprint density at radius 3 is 1.00 bits per heavy atom. The summed E-state index contributed by atoms with van der Waals surface area (Å²) in [6, 6.07) is 4.61. The normalized spacial score (nSPS) is 14.6. The highest BCUT2D eigenvalue weighted by molar-refractivity contribution is 5.93. The average Bonchev–Trinajstić information content (AvgIpc) is 3.12. The Morgan fingerprint density at radius 2 is 0.763 bits per heavy atom. The molecule has 2 aromatic carbocycles. The van der Waals surface area contributed by atoms with Gasteiger partial charge in [-0.25, -0.2) is 0 Å². The van der Waals surface area contributed by atoms with Crippen LogP contribution in [0, 0.1) is 41.5 Å². The van der Waals surface area contributed by atoms with E-state index in [1.54, 1.807) is 0 Å². The fourth-order valence-electron chi connectivity index (χ4n) is 5.30. The van der Waals surface area contributed by atoms with Crippen molar-refractivity contribution in [2.75, 3.05) is 11.9 Å². The van der Waals surface area contributed by atoms with Crippen molar-refractivity contribution < 1.29 is 0 Å². The van der Waals surface area contributed by atoms with Crippen molar-refractivity contribution in [3.8, 4) is 0 Å². The zero-order valence-electron chi connectivity index (χ0n) is 26.7. The number of nitrogens with zero attached hydrogens (tertiary/aromatic N) is 1. The minimum Gasteiger partial charge on any atom is -0.343 e. The summed E-state index contributed by atoms with van der Waals surface area (Å²) in [7, 11) is 2.20. The Morgan fingerprint density at radius 1 is 0.474 bits per heavy atom. The molecule has 0 fully saturated rings. The maximum atomic E-state index is 2.38. The first-order chi connectivity index (χ1) is 18.3. The van der Waals surface area contributed by atoms with E-state index in [9.17, 15) is 0 Å². The molecule has 0 aromatic heterocycles. The number of hydrogen-bond donors (Lipinski definition) is 0. The van der Waals surface area contributed by atoms with Crippen molar-refractivity contribution in [1.82, 2.24) is 0 Å². The van der Waals surface area contributed by atoms with Crippen LogP contribution in [0.3, 0.4) is 0 Å². The highest BCUT2D eigenvalue weighted by atomic mass is 15.1. The van der Waals surface area contributed by atoms with Crippen molar-refractivity contribution >= 4 is 23.5 Å². The second kappa shape index (κ2) is 17.9. The number of hydrogen-bond acceptors (Lipinski definition) is 1. The lowest BCUT2D eigenvalue weighted by molar-refractivity contribution is 0.730. The van der Waals surface area contributed by atoms with Crippen LogP contribution in [0.15, 0.2) is 36.4 Å². The molecule has 0 unspecified atom stereocenters. The largest absolute Gasteiger partial charge is 0.343 e. The van der Waals surface area contributed by atoms with E-state index in [0.29, 0.717) is 0 Å². The van der Waals surface area contributed by atoms with Gasteiger partial charge in [-0.15, -0.1) is 0 Å². The average molecular weight is 516 g/mol. The lowest BCUT2D eigenvalue weighted by Gasteiger charge is -2.28. The van der Waals surface area contributed by atoms with Crippen LogP contribution in [0.4, 0.5) is 11.4 Å². The highest BCUT2D eigenvalue weighted by Crippen LogP contribution is 2.42. The van der Waals surface area contributed by atoms with Crippen LogP contribution in [0.5, 0.6) is 0 Å². The van der Waals surface area contributed by atoms with Gasteiger partial charge in [-0.3, -0.25) is 0 Å². The van der Waals surface area contributed by atoms with E-state index in [0.717, 1.165) is 0 Å². The van der Waals surface area contributed by atoms with Crippen LogP contribution in [-0.2, 0) is 0 Å². The molecule has 1 aliphatic heterocycles. The number of allylic oxidation sites excluding steroid dienone is 4. The molecule has 0 atom stereocenters. The Balaban J connectivity index is 0.000000367. The van der Waals surface area contributed by atoms with Crippen molar-refractivity contribution in [2.45, 2.75) is 121 Å². The summed E-state index contributed by atoms with van der Waals surface area (Å²) in [6.45, 7) is 21.3. The summed E-state index contributed by atoms with van der Waals surface area (Å²) in [5.41, 5.74) is 13.6. The summed E-state index contributed by atoms with van der Waals surface area (Å²) < 4.78 is 0. The van der Waals surface area contributed by atoms with Gasteiger partial charge in [-0.2, -0.15) is 0 Å². The zero-order chi connectivity index (χ0) is 28.7. The van der Waals surface area contributed by atoms with E-state index in [2.05, 4.69) is 102 Å². The quantitative estimate of drug-likeness (QED) is 0.315. The maximum absolute atomic E-state index is 2.38. The number of fused-ring (bicyclic) bond motifs is 2. The van der Waals surface area contributed by atoms with Gasteiger partial charge in [0.1, 0.15) is 0 Å². The van der Waals surface area contributed by atoms with Crippen molar-refractivity contribution in [3.63, 3.8) is 0 Å². The predicted octanol–water partition coefficient (Wildman–Crippen LogP) is 12.1. The zero-order valence-corrected chi connectivity index (χ0v) is 26.7. The fraction of sp³-hybridized carbons (Fsp3) is 0.514. The first-order valence-corrected chi connectivity index (χ1v) is 15.3. The van der Waals surface area contributed by atoms with Crippen molar-refractivity contribution in [1.29, 1.82) is 0 Å². The van der Waals surface area contributed by atoms with Gasteiger partial charge < -0.3 is 4.90 Å². The van der Waals surface area contributed by atoms with Crippen LogP contribution >= 0.6 is 0 Å². The minimum absolute atomic E-state index is 1.32. The maximum Gasteiger partial charge on any atom is 0.0514 e. The molecule has 1 heteroatoms. The number of aryl methyl sites for hydroxylation is 4. The van der Waals surface area contributed by atoms with E-state index < -0.39 is 0 Å². The third kappa shape index (κ3) is 9.04. The third-order valence-electron chi connectivity index (χ3n) is 7.52. The van der Waals surface area contributed by atoms with Gasteiger partial charge in [0, 0.05) is 18.2 Å². The molecule has 0 saturated carbocycles. The molecule has 5 rings (SSSR count). The van der Waals surface area contributed by atoms with Crippen molar-refractivity contribution in [3.05, 3.63) is 80.9 Å². The number of rotatable bonds is 0. The lowest BCUT2D eigenvalue weighted by Crippen LogP contribution is -2.15. The SMILES string of the molecule is C1=CCCCC1.C1=CCCCC1.CC.CC.Cc1cc(C)c2c(c1C)C=Cc1c(C)c(C)cc(C)c1N2C. The van der Waals surface area contributed by atoms with Crippen molar-refractivity contribution in [2.24, 2.45) is 0 Å². The van der Waals surface area contributed by atoms with Gasteiger partial charge in [0.15, 0.2) is 0 Å². The molecule has 2 aliphatic carbocycles. The van der Waals surface area contributed by atoms with E-state index in [-0.39, 0.29) is 0 Å². The molecule has 2 aromatic rings. The Hall–Kier alpha value is -2.54. The van der Waals surface area contributed by atoms with Gasteiger partial charge in [0.05, 0.1) is 11.4 Å². The molecule has 0 bridgehead atoms. The topological polar surface area (TPSA) is 3.24 Å². The molecule has 1 nitrogen and oxygen atoms in total. The second-order valence-corrected chi connectivity index (χ2v) is 10.2. The molecule has 210 valence electrons. The van der Waals surface area contributed by atoms with E-state index >= 15 is 0 Å². The molecule has 0 amide bonds. The molecule has 1 heterocycles. The molecule has 0 spiro atoms. The first-order valence-electron chi connectivity index (χ1n) is 15.3. The molecule has 0 saturated heterocycles. The summed E-state index contributed by atoms with van der Waals surface area (Å²) >= 11 is 0. The molecule has 38 heavy (non-hydrogen) atoms. The fourth-order valence-corrected chi connectivity index (χ4v) is 5.30. The summed E-state index contributed by atoms with van der Waals surface area (Å²) in [5, 5.41) is 0. The number of anilines is 2. The first kappa shape index (κ1) is 33.5. The van der Waals surface area contributed by atoms with Gasteiger partial charge >= 0.3 is 0 Å². The van der Waals surface area contributed by atoms with Gasteiger partial charge in [-0.1, -0.05) is 76.3 Å². The molecular weight excluding hydrogens is 458 g/mol. The standard InChI is InChI=1S/C21H25N.2C6H10.2C2H6/c1-12-10-14(3)20-18(16(12)5)8-9-19-17(6)13(2)11-15(4)21(19)22(20)7;2*1-2-4-6-5-3-1;2*1-2/h8-11H,1-7H3;2*1-2H,3-6H2;2*1-2H3. The highest BCUT2D eigenvalue weighted by Gasteiger charge is 2.22. The molecule has 0 N–H and O–H groups in total. The van der Waals surface area contributed by atoms with Gasteiger partial charge in [0.2, 0.25) is 0 Å². The van der Waals surface area contributed by atoms with Gasteiger partial charge in [0.25, 0.3) is 0 Å². The molecule has 0 radical (unpaired) electrons. The van der Waals surface area contributed by atoms with E-state index in [4.69, 9.17) is 0 Å². The van der Waals surface area contributed by atoms with Gasteiger partial charge in [-0.05, 0) is 126 Å². The minimum atomic E-state index is 1.32. The summed E-state index contributed by atoms with van der Waals surface area (Å²) in [5.74, 6) is 0. The smallest absolute Gasteiger partial charge is 0.0514 e. The molecule has 3 aliphatic rings. The van der Waals surface area contributed by atoms with Crippen LogP contribution in [0.25, 0.3) is 12.2 Å². The van der Waals surface area contributed by atoms with Crippen LogP contribution in [0.1, 0.15) is 124 Å². The Bertz CT molecular complexity index is 979. The molecular formula is C37H57N. The Labute approximate surface area is 236 Å². The van der Waals surface area contributed by atoms with Crippen LogP contribution in [0.2, 0.25) is 0 Å².